The Morgan fingerprint density at radius 2 is 2.50 bits per heavy atom. The number of hydrogen-bond donors (Lipinski definition) is 0. The molecule has 1 aliphatic heterocycles. The summed E-state index contributed by atoms with van der Waals surface area (Å²) in [5, 5.41) is 0. The molecule has 0 aromatic heterocycles. The minimum Gasteiger partial charge on any atom is -0.0816 e. The van der Waals surface area contributed by atoms with Crippen molar-refractivity contribution in [3.05, 3.63) is 11.8 Å². The van der Waals surface area contributed by atoms with Gasteiger partial charge in [0.1, 0.15) is 0 Å². The smallest absolute Gasteiger partial charge is 0.0292 e. The summed E-state index contributed by atoms with van der Waals surface area (Å²) in [5.41, 5.74) is 4.47. The monoisotopic (exact) mass is 123 g/mol. The van der Waals surface area contributed by atoms with Gasteiger partial charge in [0.2, 0.25) is 0 Å². The van der Waals surface area contributed by atoms with Crippen LogP contribution in [0.15, 0.2) is 11.8 Å². The van der Waals surface area contributed by atoms with Crippen LogP contribution in [0.4, 0.5) is 0 Å². The standard InChI is InChI=1S/C3H3Si3/c4-6-3-1-2-5-6/h1-3H. The highest BCUT2D eigenvalue weighted by molar-refractivity contribution is 7.23. The Morgan fingerprint density at radius 1 is 1.67 bits per heavy atom. The summed E-state index contributed by atoms with van der Waals surface area (Å²) in [6, 6.07) is 0. The van der Waals surface area contributed by atoms with Crippen LogP contribution >= 0.6 is 0 Å². The Hall–Kier alpha value is 0.261. The normalized spacial score (nSPS) is 17.0. The minimum absolute atomic E-state index is 0.160. The third-order valence-corrected chi connectivity index (χ3v) is 5.53. The van der Waals surface area contributed by atoms with Crippen molar-refractivity contribution in [1.82, 2.24) is 0 Å². The SMILES string of the molecule is [Si]=[Si]1C=CC=[Si]1. The first-order chi connectivity index (χ1) is 2.89. The molecule has 3 heteroatoms. The van der Waals surface area contributed by atoms with E-state index in [9.17, 15) is 0 Å². The highest BCUT2D eigenvalue weighted by Gasteiger charge is 1.83. The highest BCUT2D eigenvalue weighted by Crippen LogP contribution is 1.71. The fraction of sp³-hybridized carbons (Fsp3) is 0. The fourth-order valence-corrected chi connectivity index (χ4v) is 3.72. The van der Waals surface area contributed by atoms with Crippen molar-refractivity contribution < 1.29 is 0 Å². The molecule has 0 aromatic rings. The molecule has 1 aliphatic rings. The zero-order valence-electron chi connectivity index (χ0n) is 3.23. The van der Waals surface area contributed by atoms with Crippen molar-refractivity contribution in [2.45, 2.75) is 0 Å². The molecule has 0 N–H and O–H groups in total. The summed E-state index contributed by atoms with van der Waals surface area (Å²) >= 11 is 0. The number of rotatable bonds is 0. The lowest BCUT2D eigenvalue weighted by Gasteiger charge is -1.66. The molecule has 0 aliphatic carbocycles. The highest BCUT2D eigenvalue weighted by atomic mass is 29.4. The van der Waals surface area contributed by atoms with Gasteiger partial charge in [0.05, 0.1) is 0 Å². The van der Waals surface area contributed by atoms with E-state index in [1.165, 1.54) is 0 Å². The number of allylic oxidation sites excluding steroid dienone is 1. The van der Waals surface area contributed by atoms with E-state index in [-0.39, 0.29) is 7.41 Å². The summed E-state index contributed by atoms with van der Waals surface area (Å²) in [6.45, 7) is 0. The molecule has 0 saturated carbocycles. The molecule has 0 fully saturated rings. The van der Waals surface area contributed by atoms with Gasteiger partial charge in [-0.15, -0.1) is 0 Å². The van der Waals surface area contributed by atoms with E-state index in [1.54, 1.807) is 0 Å². The lowest BCUT2D eigenvalue weighted by Crippen LogP contribution is -1.95. The van der Waals surface area contributed by atoms with Gasteiger partial charge in [0.15, 0.2) is 0 Å². The van der Waals surface area contributed by atoms with Gasteiger partial charge in [-0.3, -0.25) is 0 Å². The molecule has 0 aromatic carbocycles. The quantitative estimate of drug-likeness (QED) is 0.372. The van der Waals surface area contributed by atoms with Crippen molar-refractivity contribution in [2.75, 3.05) is 0 Å². The lowest BCUT2D eigenvalue weighted by atomic mass is 10.8. The van der Waals surface area contributed by atoms with Crippen molar-refractivity contribution in [1.29, 1.82) is 0 Å². The second-order valence-electron chi connectivity index (χ2n) is 1.08. The van der Waals surface area contributed by atoms with E-state index >= 15 is 0 Å². The summed E-state index contributed by atoms with van der Waals surface area (Å²) < 4.78 is 0. The molecule has 3 radical (unpaired) electrons. The molecule has 0 unspecified atom stereocenters. The average Bonchev–Trinajstić information content (AvgIpc) is 1.86. The van der Waals surface area contributed by atoms with Gasteiger partial charge < -0.3 is 0 Å². The van der Waals surface area contributed by atoms with Crippen LogP contribution in [0.25, 0.3) is 0 Å². The van der Waals surface area contributed by atoms with Crippen molar-refractivity contribution in [3.8, 4) is 0 Å². The molecule has 0 nitrogen and oxygen atoms in total. The van der Waals surface area contributed by atoms with Crippen LogP contribution < -0.4 is 0 Å². The molecule has 1 heterocycles. The summed E-state index contributed by atoms with van der Waals surface area (Å²) in [6.07, 6.45) is 2.14. The Bertz CT molecular complexity index is 108. The molecular weight excluding hydrogens is 120 g/mol. The predicted molar refractivity (Wildman–Crippen MR) is 32.5 cm³/mol. The van der Waals surface area contributed by atoms with Gasteiger partial charge >= 0.3 is 0 Å². The van der Waals surface area contributed by atoms with Crippen LogP contribution in [0.3, 0.4) is 0 Å². The van der Waals surface area contributed by atoms with Crippen molar-refractivity contribution in [3.63, 3.8) is 0 Å². The van der Waals surface area contributed by atoms with E-state index in [2.05, 4.69) is 26.8 Å². The third-order valence-electron chi connectivity index (χ3n) is 0.598. The first-order valence-corrected chi connectivity index (χ1v) is 6.90. The molecule has 0 spiro atoms. The minimum atomic E-state index is -0.160. The van der Waals surface area contributed by atoms with Crippen LogP contribution in [0, 0.1) is 0 Å². The molecular formula is C3H3Si3. The maximum absolute atomic E-state index is 3.58. The van der Waals surface area contributed by atoms with Gasteiger partial charge in [-0.2, -0.15) is 0 Å². The first kappa shape index (κ1) is 4.42. The average molecular weight is 123 g/mol. The molecule has 0 atom stereocenters. The van der Waals surface area contributed by atoms with E-state index in [0.29, 0.717) is 0 Å². The second kappa shape index (κ2) is 1.81. The van der Waals surface area contributed by atoms with Gasteiger partial charge in [0.25, 0.3) is 0 Å². The molecule has 1 rings (SSSR count). The Morgan fingerprint density at radius 3 is 2.67 bits per heavy atom. The van der Waals surface area contributed by atoms with Crippen LogP contribution in [-0.2, 0) is 0 Å². The second-order valence-corrected chi connectivity index (χ2v) is 8.46. The van der Waals surface area contributed by atoms with E-state index in [1.807, 2.05) is 0 Å². The van der Waals surface area contributed by atoms with Crippen LogP contribution in [0.2, 0.25) is 0 Å². The Kier molecular flexibility index (Phi) is 1.33. The third kappa shape index (κ3) is 0.859. The maximum atomic E-state index is 3.58. The lowest BCUT2D eigenvalue weighted by molar-refractivity contribution is 2.45. The topological polar surface area (TPSA) is 0 Å². The Balaban J connectivity index is 2.86. The molecule has 0 saturated heterocycles. The van der Waals surface area contributed by atoms with E-state index < -0.39 is 0 Å². The fourth-order valence-electron chi connectivity index (χ4n) is 0.330. The summed E-state index contributed by atoms with van der Waals surface area (Å²) in [5.74, 6) is 0. The van der Waals surface area contributed by atoms with Crippen molar-refractivity contribution >= 4 is 31.1 Å². The molecule has 6 heavy (non-hydrogen) atoms. The van der Waals surface area contributed by atoms with Crippen LogP contribution in [0.1, 0.15) is 0 Å². The summed E-state index contributed by atoms with van der Waals surface area (Å²) in [4.78, 5) is 0. The van der Waals surface area contributed by atoms with Crippen LogP contribution in [-0.4, -0.2) is 31.1 Å². The predicted octanol–water partition coefficient (Wildman–Crippen LogP) is -0.742. The maximum Gasteiger partial charge on any atom is 0.0292 e. The van der Waals surface area contributed by atoms with Crippen LogP contribution in [0.5, 0.6) is 0 Å². The zero-order valence-corrected chi connectivity index (χ0v) is 6.23. The largest absolute Gasteiger partial charge is 0.0816 e. The zero-order chi connectivity index (χ0) is 4.41. The number of hydrogen-bond acceptors (Lipinski definition) is 0. The summed E-state index contributed by atoms with van der Waals surface area (Å²) in [7, 11) is 4.48. The first-order valence-electron chi connectivity index (χ1n) is 1.74. The van der Waals surface area contributed by atoms with Gasteiger partial charge in [-0.25, -0.2) is 0 Å². The Labute approximate surface area is 43.5 Å². The molecule has 0 amide bonds. The van der Waals surface area contributed by atoms with Gasteiger partial charge in [-0.05, 0) is 0 Å². The van der Waals surface area contributed by atoms with E-state index in [4.69, 9.17) is 0 Å². The van der Waals surface area contributed by atoms with Gasteiger partial charge in [0, 0.05) is 25.4 Å². The molecule has 0 bridgehead atoms. The van der Waals surface area contributed by atoms with E-state index in [0.717, 1.165) is 8.65 Å². The van der Waals surface area contributed by atoms with Crippen molar-refractivity contribution in [2.24, 2.45) is 0 Å². The molecule has 27 valence electrons. The van der Waals surface area contributed by atoms with Gasteiger partial charge in [-0.1, -0.05) is 17.4 Å².